The third-order valence-corrected chi connectivity index (χ3v) is 7.39. The van der Waals surface area contributed by atoms with E-state index < -0.39 is 13.9 Å². The molecule has 0 amide bonds. The topological polar surface area (TPSA) is 102 Å². The Hall–Kier alpha value is -0.460. The molecule has 0 aromatic heterocycles. The van der Waals surface area contributed by atoms with Crippen LogP contribution in [0.5, 0.6) is 0 Å². The van der Waals surface area contributed by atoms with Gasteiger partial charge in [0.15, 0.2) is 0 Å². The summed E-state index contributed by atoms with van der Waals surface area (Å²) in [6.07, 6.45) is 26.7. The Morgan fingerprint density at radius 1 is 0.605 bits per heavy atom. The molecule has 0 rings (SSSR count). The fourth-order valence-electron chi connectivity index (χ4n) is 4.56. The molecule has 0 aromatic carbocycles. The number of rotatable bonds is 30. The van der Waals surface area contributed by atoms with Gasteiger partial charge in [0.25, 0.3) is 0 Å². The largest absolute Gasteiger partial charge is 0.469 e. The van der Waals surface area contributed by atoms with Crippen LogP contribution in [0.25, 0.3) is 0 Å². The van der Waals surface area contributed by atoms with E-state index in [1.165, 1.54) is 109 Å². The van der Waals surface area contributed by atoms with Crippen molar-refractivity contribution >= 4 is 13.8 Å². The predicted octanol–water partition coefficient (Wildman–Crippen LogP) is 9.04. The average Bonchev–Trinajstić information content (AvgIpc) is 2.88. The zero-order valence-corrected chi connectivity index (χ0v) is 25.7. The molecule has 38 heavy (non-hydrogen) atoms. The van der Waals surface area contributed by atoms with Crippen LogP contribution in [0, 0.1) is 0 Å². The minimum atomic E-state index is -4.63. The first-order chi connectivity index (χ1) is 18.4. The highest BCUT2D eigenvalue weighted by Gasteiger charge is 2.21. The smallest absolute Gasteiger partial charge is 0.457 e. The molecule has 0 aromatic rings. The number of carbonyl (C=O) groups excluding carboxylic acids is 1. The Morgan fingerprint density at radius 2 is 1.00 bits per heavy atom. The maximum Gasteiger partial charge on any atom is 0.469 e. The van der Waals surface area contributed by atoms with E-state index in [9.17, 15) is 9.36 Å². The number of ether oxygens (including phenoxy) is 2. The van der Waals surface area contributed by atoms with Crippen LogP contribution in [0.2, 0.25) is 0 Å². The molecule has 0 saturated carbocycles. The second-order valence-electron chi connectivity index (χ2n) is 10.8. The molecule has 2 N–H and O–H groups in total. The average molecular weight is 565 g/mol. The van der Waals surface area contributed by atoms with Gasteiger partial charge in [0, 0.05) is 13.0 Å². The first-order valence-electron chi connectivity index (χ1n) is 15.9. The minimum absolute atomic E-state index is 0.0849. The van der Waals surface area contributed by atoms with Crippen LogP contribution in [-0.2, 0) is 23.4 Å². The first-order valence-corrected chi connectivity index (χ1v) is 17.4. The number of carbonyl (C=O) groups is 1. The highest BCUT2D eigenvalue weighted by Crippen LogP contribution is 2.35. The Bertz CT molecular complexity index is 553. The molecule has 7 nitrogen and oxygen atoms in total. The molecule has 228 valence electrons. The van der Waals surface area contributed by atoms with Crippen molar-refractivity contribution in [3.8, 4) is 0 Å². The van der Waals surface area contributed by atoms with Crippen molar-refractivity contribution in [1.82, 2.24) is 0 Å². The molecule has 0 spiro atoms. The van der Waals surface area contributed by atoms with Gasteiger partial charge in [-0.3, -0.25) is 9.32 Å². The molecule has 0 unspecified atom stereocenters. The summed E-state index contributed by atoms with van der Waals surface area (Å²) in [5.41, 5.74) is 0. The summed E-state index contributed by atoms with van der Waals surface area (Å²) in [6, 6.07) is 0. The summed E-state index contributed by atoms with van der Waals surface area (Å²) >= 11 is 0. The van der Waals surface area contributed by atoms with Gasteiger partial charge in [-0.15, -0.1) is 0 Å². The summed E-state index contributed by atoms with van der Waals surface area (Å²) in [5.74, 6) is -0.365. The van der Waals surface area contributed by atoms with Crippen LogP contribution >= 0.6 is 7.82 Å². The van der Waals surface area contributed by atoms with Crippen molar-refractivity contribution in [2.45, 2.75) is 168 Å². The van der Waals surface area contributed by atoms with Gasteiger partial charge in [-0.1, -0.05) is 142 Å². The molecule has 0 aliphatic rings. The molecule has 0 aliphatic carbocycles. The van der Waals surface area contributed by atoms with Gasteiger partial charge in [0.1, 0.15) is 6.10 Å². The molecular weight excluding hydrogens is 503 g/mol. The molecule has 0 saturated heterocycles. The van der Waals surface area contributed by atoms with Gasteiger partial charge in [-0.25, -0.2) is 4.57 Å². The number of esters is 1. The minimum Gasteiger partial charge on any atom is -0.457 e. The van der Waals surface area contributed by atoms with Crippen molar-refractivity contribution in [3.63, 3.8) is 0 Å². The van der Waals surface area contributed by atoms with Gasteiger partial charge in [-0.05, 0) is 12.8 Å². The zero-order chi connectivity index (χ0) is 28.2. The lowest BCUT2D eigenvalue weighted by molar-refractivity contribution is -0.154. The maximum absolute atomic E-state index is 12.2. The molecule has 0 fully saturated rings. The summed E-state index contributed by atoms with van der Waals surface area (Å²) in [4.78, 5) is 30.2. The Labute approximate surface area is 234 Å². The van der Waals surface area contributed by atoms with Crippen LogP contribution in [0.15, 0.2) is 0 Å². The van der Waals surface area contributed by atoms with Crippen LogP contribution in [0.1, 0.15) is 162 Å². The van der Waals surface area contributed by atoms with Crippen LogP contribution in [0.3, 0.4) is 0 Å². The van der Waals surface area contributed by atoms with Crippen molar-refractivity contribution < 1.29 is 33.1 Å². The number of phosphoric ester groups is 1. The predicted molar refractivity (Wildman–Crippen MR) is 156 cm³/mol. The fraction of sp³-hybridized carbons (Fsp3) is 0.967. The van der Waals surface area contributed by atoms with Gasteiger partial charge in [-0.2, -0.15) is 0 Å². The summed E-state index contributed by atoms with van der Waals surface area (Å²) in [5, 5.41) is 0. The summed E-state index contributed by atoms with van der Waals surface area (Å²) < 4.78 is 26.7. The monoisotopic (exact) mass is 564 g/mol. The lowest BCUT2D eigenvalue weighted by atomic mass is 10.0. The van der Waals surface area contributed by atoms with E-state index in [1.54, 1.807) is 0 Å². The second-order valence-corrected chi connectivity index (χ2v) is 12.0. The van der Waals surface area contributed by atoms with E-state index in [-0.39, 0.29) is 19.2 Å². The zero-order valence-electron chi connectivity index (χ0n) is 24.8. The van der Waals surface area contributed by atoms with Crippen LogP contribution in [0.4, 0.5) is 0 Å². The maximum atomic E-state index is 12.2. The fourth-order valence-corrected chi connectivity index (χ4v) is 4.92. The van der Waals surface area contributed by atoms with Crippen molar-refractivity contribution in [2.24, 2.45) is 0 Å². The SMILES string of the molecule is CCCCCCCCCCCCCCCCOC[C@H](COP(=O)(O)O)OC(=O)CCCCCCCCCC. The number of hydrogen-bond donors (Lipinski definition) is 2. The molecule has 8 heteroatoms. The number of unbranched alkanes of at least 4 members (excludes halogenated alkanes) is 20. The molecular formula is C30H61O7P. The van der Waals surface area contributed by atoms with E-state index in [0.717, 1.165) is 32.1 Å². The highest BCUT2D eigenvalue weighted by molar-refractivity contribution is 7.46. The third kappa shape index (κ3) is 30.1. The third-order valence-electron chi connectivity index (χ3n) is 6.91. The first kappa shape index (κ1) is 37.5. The molecule has 0 radical (unpaired) electrons. The van der Waals surface area contributed by atoms with E-state index >= 15 is 0 Å². The molecule has 1 atom stereocenters. The molecule has 0 heterocycles. The van der Waals surface area contributed by atoms with Crippen LogP contribution < -0.4 is 0 Å². The van der Waals surface area contributed by atoms with Crippen molar-refractivity contribution in [3.05, 3.63) is 0 Å². The number of phosphoric acid groups is 1. The Kier molecular flexibility index (Phi) is 27.7. The van der Waals surface area contributed by atoms with Gasteiger partial charge in [0.2, 0.25) is 0 Å². The van der Waals surface area contributed by atoms with Gasteiger partial charge in [0.05, 0.1) is 13.2 Å². The van der Waals surface area contributed by atoms with Gasteiger partial charge >= 0.3 is 13.8 Å². The van der Waals surface area contributed by atoms with Crippen molar-refractivity contribution in [2.75, 3.05) is 19.8 Å². The van der Waals surface area contributed by atoms with Crippen molar-refractivity contribution in [1.29, 1.82) is 0 Å². The standard InChI is InChI=1S/C30H61O7P/c1-3-5-7-9-11-13-14-15-16-17-18-20-22-24-26-35-27-29(28-36-38(32,33)34)37-30(31)25-23-21-19-12-10-8-6-4-2/h29H,3-28H2,1-2H3,(H2,32,33,34)/t29-/m1/s1. The lowest BCUT2D eigenvalue weighted by Gasteiger charge is -2.18. The highest BCUT2D eigenvalue weighted by atomic mass is 31.2. The Balaban J connectivity index is 3.81. The van der Waals surface area contributed by atoms with E-state index in [1.807, 2.05) is 0 Å². The van der Waals surface area contributed by atoms with Gasteiger partial charge < -0.3 is 19.3 Å². The quantitative estimate of drug-likeness (QED) is 0.0509. The lowest BCUT2D eigenvalue weighted by Crippen LogP contribution is -2.28. The second kappa shape index (κ2) is 28.1. The van der Waals surface area contributed by atoms with E-state index in [2.05, 4.69) is 18.4 Å². The van der Waals surface area contributed by atoms with Crippen LogP contribution in [-0.4, -0.2) is 41.7 Å². The van der Waals surface area contributed by atoms with E-state index in [4.69, 9.17) is 19.3 Å². The molecule has 0 bridgehead atoms. The summed E-state index contributed by atoms with van der Waals surface area (Å²) in [6.45, 7) is 4.72. The number of hydrogen-bond acceptors (Lipinski definition) is 5. The molecule has 0 aliphatic heterocycles. The summed E-state index contributed by atoms with van der Waals surface area (Å²) in [7, 11) is -4.63. The normalized spacial score (nSPS) is 12.6. The van der Waals surface area contributed by atoms with E-state index in [0.29, 0.717) is 13.0 Å². The Morgan fingerprint density at radius 3 is 1.42 bits per heavy atom.